The van der Waals surface area contributed by atoms with E-state index in [0.29, 0.717) is 22.9 Å². The number of hydrogen-bond donors (Lipinski definition) is 1. The lowest BCUT2D eigenvalue weighted by molar-refractivity contribution is 0.0526. The molecule has 0 bridgehead atoms. The molecule has 102 valence electrons. The normalized spacial score (nSPS) is 9.85. The molecule has 0 fully saturated rings. The fourth-order valence-corrected chi connectivity index (χ4v) is 1.83. The summed E-state index contributed by atoms with van der Waals surface area (Å²) in [5.41, 5.74) is 2.02. The minimum Gasteiger partial charge on any atom is -0.462 e. The molecule has 2 aromatic rings. The van der Waals surface area contributed by atoms with Gasteiger partial charge in [-0.1, -0.05) is 18.3 Å². The van der Waals surface area contributed by atoms with Crippen LogP contribution in [0.4, 0.5) is 5.69 Å². The fourth-order valence-electron chi connectivity index (χ4n) is 1.60. The molecule has 1 heterocycles. The number of benzene rings is 1. The van der Waals surface area contributed by atoms with E-state index in [9.17, 15) is 4.79 Å². The van der Waals surface area contributed by atoms with Gasteiger partial charge < -0.3 is 10.1 Å². The molecule has 0 atom stereocenters. The summed E-state index contributed by atoms with van der Waals surface area (Å²) in [6, 6.07) is 12.5. The highest BCUT2D eigenvalue weighted by molar-refractivity contribution is 7.81. The Hall–Kier alpha value is -2.27. The first-order chi connectivity index (χ1) is 9.70. The second-order valence-corrected chi connectivity index (χ2v) is 4.38. The van der Waals surface area contributed by atoms with Gasteiger partial charge >= 0.3 is 5.97 Å². The number of carbonyl (C=O) groups excluding carboxylic acids is 1. The molecule has 1 aromatic heterocycles. The Morgan fingerprint density at radius 2 is 2.00 bits per heavy atom. The number of anilines is 1. The van der Waals surface area contributed by atoms with Gasteiger partial charge in [0.1, 0.15) is 4.99 Å². The molecule has 0 unspecified atom stereocenters. The summed E-state index contributed by atoms with van der Waals surface area (Å²) in [6.07, 6.45) is 1.69. The number of hydrogen-bond acceptors (Lipinski definition) is 4. The third kappa shape index (κ3) is 3.61. The molecular weight excluding hydrogens is 272 g/mol. The minimum atomic E-state index is -0.327. The Morgan fingerprint density at radius 3 is 2.60 bits per heavy atom. The Bertz CT molecular complexity index is 597. The molecule has 0 radical (unpaired) electrons. The first-order valence-corrected chi connectivity index (χ1v) is 6.61. The van der Waals surface area contributed by atoms with Crippen LogP contribution < -0.4 is 5.32 Å². The first kappa shape index (κ1) is 14.1. The van der Waals surface area contributed by atoms with Crippen LogP contribution in [0.2, 0.25) is 0 Å². The molecule has 0 saturated carbocycles. The van der Waals surface area contributed by atoms with Gasteiger partial charge in [-0.05, 0) is 43.3 Å². The molecule has 2 rings (SSSR count). The zero-order valence-corrected chi connectivity index (χ0v) is 11.8. The predicted molar refractivity (Wildman–Crippen MR) is 82.0 cm³/mol. The smallest absolute Gasteiger partial charge is 0.338 e. The number of pyridine rings is 1. The van der Waals surface area contributed by atoms with E-state index in [0.717, 1.165) is 5.69 Å². The van der Waals surface area contributed by atoms with Crippen molar-refractivity contribution in [2.24, 2.45) is 0 Å². The number of rotatable bonds is 4. The van der Waals surface area contributed by atoms with Gasteiger partial charge in [0.05, 0.1) is 17.9 Å². The average molecular weight is 286 g/mol. The second kappa shape index (κ2) is 6.77. The quantitative estimate of drug-likeness (QED) is 0.691. The van der Waals surface area contributed by atoms with Crippen molar-refractivity contribution in [3.8, 4) is 0 Å². The highest BCUT2D eigenvalue weighted by atomic mass is 32.1. The molecule has 1 aromatic carbocycles. The van der Waals surface area contributed by atoms with E-state index < -0.39 is 0 Å². The Kier molecular flexibility index (Phi) is 4.79. The van der Waals surface area contributed by atoms with Gasteiger partial charge in [0.2, 0.25) is 0 Å². The van der Waals surface area contributed by atoms with Gasteiger partial charge in [-0.2, -0.15) is 0 Å². The number of ether oxygens (including phenoxy) is 1. The maximum atomic E-state index is 11.5. The zero-order valence-electron chi connectivity index (χ0n) is 11.0. The number of esters is 1. The lowest BCUT2D eigenvalue weighted by Crippen LogP contribution is -2.12. The zero-order chi connectivity index (χ0) is 14.4. The molecule has 0 amide bonds. The van der Waals surface area contributed by atoms with Crippen molar-refractivity contribution in [1.82, 2.24) is 4.98 Å². The lowest BCUT2D eigenvalue weighted by atomic mass is 10.2. The van der Waals surface area contributed by atoms with Gasteiger partial charge in [0.25, 0.3) is 0 Å². The van der Waals surface area contributed by atoms with Gasteiger partial charge in [-0.25, -0.2) is 4.79 Å². The number of aromatic nitrogens is 1. The van der Waals surface area contributed by atoms with Crippen LogP contribution in [-0.4, -0.2) is 22.5 Å². The highest BCUT2D eigenvalue weighted by Crippen LogP contribution is 2.12. The van der Waals surface area contributed by atoms with Gasteiger partial charge in [-0.3, -0.25) is 4.98 Å². The maximum absolute atomic E-state index is 11.5. The molecule has 0 aliphatic carbocycles. The van der Waals surface area contributed by atoms with E-state index in [2.05, 4.69) is 10.3 Å². The molecule has 0 saturated heterocycles. The third-order valence-corrected chi connectivity index (χ3v) is 2.86. The van der Waals surface area contributed by atoms with Crippen molar-refractivity contribution in [1.29, 1.82) is 0 Å². The summed E-state index contributed by atoms with van der Waals surface area (Å²) >= 11 is 5.26. The molecule has 4 nitrogen and oxygen atoms in total. The summed E-state index contributed by atoms with van der Waals surface area (Å²) in [6.45, 7) is 2.14. The van der Waals surface area contributed by atoms with Gasteiger partial charge in [0, 0.05) is 11.9 Å². The van der Waals surface area contributed by atoms with Gasteiger partial charge in [0.15, 0.2) is 0 Å². The van der Waals surface area contributed by atoms with Crippen molar-refractivity contribution in [2.45, 2.75) is 6.92 Å². The molecule has 0 aliphatic heterocycles. The largest absolute Gasteiger partial charge is 0.462 e. The summed E-state index contributed by atoms with van der Waals surface area (Å²) in [5, 5.41) is 3.07. The lowest BCUT2D eigenvalue weighted by Gasteiger charge is -2.08. The number of nitrogens with one attached hydrogen (secondary N) is 1. The van der Waals surface area contributed by atoms with Gasteiger partial charge in [-0.15, -0.1) is 0 Å². The summed E-state index contributed by atoms with van der Waals surface area (Å²) in [7, 11) is 0. The van der Waals surface area contributed by atoms with Crippen molar-refractivity contribution in [3.05, 3.63) is 59.9 Å². The van der Waals surface area contributed by atoms with E-state index in [1.165, 1.54) is 0 Å². The maximum Gasteiger partial charge on any atom is 0.338 e. The molecule has 5 heteroatoms. The van der Waals surface area contributed by atoms with E-state index in [1.54, 1.807) is 37.4 Å². The average Bonchev–Trinajstić information content (AvgIpc) is 2.49. The predicted octanol–water partition coefficient (Wildman–Crippen LogP) is 3.05. The van der Waals surface area contributed by atoms with Crippen LogP contribution in [0.25, 0.3) is 0 Å². The first-order valence-electron chi connectivity index (χ1n) is 6.20. The summed E-state index contributed by atoms with van der Waals surface area (Å²) in [5.74, 6) is -0.327. The minimum absolute atomic E-state index is 0.327. The van der Waals surface area contributed by atoms with E-state index in [4.69, 9.17) is 17.0 Å². The fraction of sp³-hybridized carbons (Fsp3) is 0.133. The van der Waals surface area contributed by atoms with Crippen LogP contribution in [0.5, 0.6) is 0 Å². The summed E-state index contributed by atoms with van der Waals surface area (Å²) in [4.78, 5) is 16.2. The molecule has 1 N–H and O–H groups in total. The van der Waals surface area contributed by atoms with Crippen LogP contribution in [0.1, 0.15) is 23.0 Å². The van der Waals surface area contributed by atoms with Crippen LogP contribution in [0.3, 0.4) is 0 Å². The highest BCUT2D eigenvalue weighted by Gasteiger charge is 2.07. The monoisotopic (exact) mass is 286 g/mol. The number of thiocarbonyl (C=S) groups is 1. The molecular formula is C15H14N2O2S. The van der Waals surface area contributed by atoms with Crippen molar-refractivity contribution < 1.29 is 9.53 Å². The Labute approximate surface area is 122 Å². The van der Waals surface area contributed by atoms with E-state index >= 15 is 0 Å². The topological polar surface area (TPSA) is 51.2 Å². The molecule has 0 spiro atoms. The Balaban J connectivity index is 2.04. The summed E-state index contributed by atoms with van der Waals surface area (Å²) < 4.78 is 4.92. The van der Waals surface area contributed by atoms with Crippen molar-refractivity contribution in [3.63, 3.8) is 0 Å². The Morgan fingerprint density at radius 1 is 1.25 bits per heavy atom. The van der Waals surface area contributed by atoms with Crippen LogP contribution in [-0.2, 0) is 4.74 Å². The molecule has 0 aliphatic rings. The van der Waals surface area contributed by atoms with Crippen molar-refractivity contribution in [2.75, 3.05) is 11.9 Å². The number of carbonyl (C=O) groups is 1. The van der Waals surface area contributed by atoms with Crippen LogP contribution in [0.15, 0.2) is 48.7 Å². The second-order valence-electron chi connectivity index (χ2n) is 3.97. The van der Waals surface area contributed by atoms with Crippen LogP contribution >= 0.6 is 12.2 Å². The van der Waals surface area contributed by atoms with Crippen molar-refractivity contribution >= 4 is 28.9 Å². The third-order valence-electron chi connectivity index (χ3n) is 2.55. The van der Waals surface area contributed by atoms with Crippen LogP contribution in [0, 0.1) is 0 Å². The SMILES string of the molecule is CCOC(=O)c1ccc(NC(=S)c2ccccn2)cc1. The molecule has 20 heavy (non-hydrogen) atoms. The van der Waals surface area contributed by atoms with E-state index in [1.807, 2.05) is 18.2 Å². The standard InChI is InChI=1S/C15H14N2O2S/c1-2-19-15(18)11-6-8-12(9-7-11)17-14(20)13-5-3-4-10-16-13/h3-10H,2H2,1H3,(H,17,20). The van der Waals surface area contributed by atoms with E-state index in [-0.39, 0.29) is 5.97 Å². The number of nitrogens with zero attached hydrogens (tertiary/aromatic N) is 1.